The number of rotatable bonds is 10. The van der Waals surface area contributed by atoms with Gasteiger partial charge in [-0.25, -0.2) is 14.3 Å². The van der Waals surface area contributed by atoms with Crippen LogP contribution in [0.4, 0.5) is 0 Å². The Morgan fingerprint density at radius 2 is 1.65 bits per heavy atom. The van der Waals surface area contributed by atoms with Gasteiger partial charge in [0.1, 0.15) is 6.54 Å². The van der Waals surface area contributed by atoms with Gasteiger partial charge in [-0.05, 0) is 18.1 Å². The first-order valence-electron chi connectivity index (χ1n) is 11.2. The van der Waals surface area contributed by atoms with E-state index in [0.29, 0.717) is 24.3 Å². The summed E-state index contributed by atoms with van der Waals surface area (Å²) in [7, 11) is 0. The highest BCUT2D eigenvalue weighted by atomic mass is 32.2. The van der Waals surface area contributed by atoms with E-state index in [1.807, 2.05) is 55.5 Å². The van der Waals surface area contributed by atoms with Crippen molar-refractivity contribution < 1.29 is 4.79 Å². The molecule has 4 rings (SSSR count). The van der Waals surface area contributed by atoms with E-state index in [1.165, 1.54) is 10.1 Å². The molecule has 176 valence electrons. The van der Waals surface area contributed by atoms with Crippen molar-refractivity contribution in [3.8, 4) is 0 Å². The Kier molecular flexibility index (Phi) is 7.64. The SMILES string of the molecule is CCn1cnc2c1c(=O)n(CC(=O)NCCSCc1ccccc1)c(=O)n2Cc1ccccc1. The molecule has 1 N–H and O–H groups in total. The number of imidazole rings is 1. The van der Waals surface area contributed by atoms with E-state index in [-0.39, 0.29) is 19.0 Å². The van der Waals surface area contributed by atoms with Gasteiger partial charge in [-0.1, -0.05) is 60.7 Å². The molecule has 1 amide bonds. The Morgan fingerprint density at radius 1 is 0.971 bits per heavy atom. The minimum absolute atomic E-state index is 0.259. The van der Waals surface area contributed by atoms with Crippen molar-refractivity contribution in [2.75, 3.05) is 12.3 Å². The summed E-state index contributed by atoms with van der Waals surface area (Å²) in [6.07, 6.45) is 1.56. The molecule has 0 radical (unpaired) electrons. The van der Waals surface area contributed by atoms with Gasteiger partial charge in [-0.2, -0.15) is 11.8 Å². The monoisotopic (exact) mass is 477 g/mol. The first-order valence-corrected chi connectivity index (χ1v) is 12.3. The van der Waals surface area contributed by atoms with Gasteiger partial charge >= 0.3 is 5.69 Å². The molecule has 0 unspecified atom stereocenters. The van der Waals surface area contributed by atoms with Crippen LogP contribution in [0, 0.1) is 0 Å². The summed E-state index contributed by atoms with van der Waals surface area (Å²) in [5.74, 6) is 1.22. The van der Waals surface area contributed by atoms with Gasteiger partial charge in [0.15, 0.2) is 11.2 Å². The van der Waals surface area contributed by atoms with Crippen LogP contribution in [0.5, 0.6) is 0 Å². The van der Waals surface area contributed by atoms with Crippen LogP contribution in [0.25, 0.3) is 11.2 Å². The minimum Gasteiger partial charge on any atom is -0.354 e. The van der Waals surface area contributed by atoms with Crippen LogP contribution in [0.3, 0.4) is 0 Å². The molecular formula is C25H27N5O3S. The Labute approximate surface area is 201 Å². The number of thioether (sulfide) groups is 1. The first kappa shape index (κ1) is 23.6. The molecule has 0 aliphatic heterocycles. The Bertz CT molecular complexity index is 1380. The number of amides is 1. The van der Waals surface area contributed by atoms with Gasteiger partial charge in [0.25, 0.3) is 5.56 Å². The number of nitrogens with zero attached hydrogens (tertiary/aromatic N) is 4. The molecule has 0 atom stereocenters. The number of carbonyl (C=O) groups is 1. The summed E-state index contributed by atoms with van der Waals surface area (Å²) in [4.78, 5) is 43.4. The van der Waals surface area contributed by atoms with Crippen molar-refractivity contribution in [2.24, 2.45) is 0 Å². The Balaban J connectivity index is 1.50. The van der Waals surface area contributed by atoms with E-state index in [1.54, 1.807) is 22.7 Å². The summed E-state index contributed by atoms with van der Waals surface area (Å²) in [6, 6.07) is 19.6. The summed E-state index contributed by atoms with van der Waals surface area (Å²) in [6.45, 7) is 2.81. The lowest BCUT2D eigenvalue weighted by Crippen LogP contribution is -2.44. The molecule has 0 aliphatic rings. The predicted octanol–water partition coefficient (Wildman–Crippen LogP) is 2.48. The summed E-state index contributed by atoms with van der Waals surface area (Å²) < 4.78 is 4.17. The van der Waals surface area contributed by atoms with Crippen LogP contribution >= 0.6 is 11.8 Å². The molecule has 2 aromatic heterocycles. The fourth-order valence-electron chi connectivity index (χ4n) is 3.75. The lowest BCUT2D eigenvalue weighted by atomic mass is 10.2. The third-order valence-electron chi connectivity index (χ3n) is 5.49. The summed E-state index contributed by atoms with van der Waals surface area (Å²) in [5.41, 5.74) is 1.74. The van der Waals surface area contributed by atoms with Crippen LogP contribution in [0.2, 0.25) is 0 Å². The molecule has 0 aliphatic carbocycles. The number of hydrogen-bond donors (Lipinski definition) is 1. The highest BCUT2D eigenvalue weighted by molar-refractivity contribution is 7.98. The molecule has 0 saturated carbocycles. The first-order chi connectivity index (χ1) is 16.6. The van der Waals surface area contributed by atoms with Crippen molar-refractivity contribution in [1.29, 1.82) is 0 Å². The van der Waals surface area contributed by atoms with Crippen LogP contribution < -0.4 is 16.6 Å². The van der Waals surface area contributed by atoms with Crippen LogP contribution in [0.15, 0.2) is 76.6 Å². The second-order valence-corrected chi connectivity index (χ2v) is 8.94. The zero-order chi connectivity index (χ0) is 23.9. The zero-order valence-corrected chi connectivity index (χ0v) is 19.8. The topological polar surface area (TPSA) is 90.9 Å². The molecule has 0 spiro atoms. The average molecular weight is 478 g/mol. The molecule has 9 heteroatoms. The highest BCUT2D eigenvalue weighted by Gasteiger charge is 2.19. The zero-order valence-electron chi connectivity index (χ0n) is 19.0. The van der Waals surface area contributed by atoms with Gasteiger partial charge in [0.2, 0.25) is 5.91 Å². The van der Waals surface area contributed by atoms with Gasteiger partial charge in [-0.15, -0.1) is 0 Å². The molecule has 0 bridgehead atoms. The van der Waals surface area contributed by atoms with E-state index in [2.05, 4.69) is 22.4 Å². The van der Waals surface area contributed by atoms with Gasteiger partial charge < -0.3 is 9.88 Å². The van der Waals surface area contributed by atoms with Crippen molar-refractivity contribution in [1.82, 2.24) is 24.0 Å². The standard InChI is InChI=1S/C25H27N5O3S/c1-2-28-18-27-23-22(28)24(32)30(25(33)29(23)15-19-9-5-3-6-10-19)16-21(31)26-13-14-34-17-20-11-7-4-8-12-20/h3-12,18H,2,13-17H2,1H3,(H,26,31). The number of benzene rings is 2. The lowest BCUT2D eigenvalue weighted by Gasteiger charge is -2.13. The third-order valence-corrected chi connectivity index (χ3v) is 6.52. The van der Waals surface area contributed by atoms with Crippen molar-refractivity contribution >= 4 is 28.8 Å². The molecule has 4 aromatic rings. The van der Waals surface area contributed by atoms with Crippen LogP contribution in [0.1, 0.15) is 18.1 Å². The normalized spacial score (nSPS) is 11.1. The maximum atomic E-state index is 13.3. The smallest absolute Gasteiger partial charge is 0.333 e. The van der Waals surface area contributed by atoms with E-state index < -0.39 is 11.2 Å². The van der Waals surface area contributed by atoms with Gasteiger partial charge in [0, 0.05) is 24.6 Å². The molecule has 2 heterocycles. The van der Waals surface area contributed by atoms with E-state index >= 15 is 0 Å². The minimum atomic E-state index is -0.545. The van der Waals surface area contributed by atoms with E-state index in [4.69, 9.17) is 0 Å². The predicted molar refractivity (Wildman–Crippen MR) is 135 cm³/mol. The van der Waals surface area contributed by atoms with Crippen LogP contribution in [-0.2, 0) is 30.2 Å². The van der Waals surface area contributed by atoms with Crippen LogP contribution in [-0.4, -0.2) is 36.9 Å². The second kappa shape index (κ2) is 11.0. The van der Waals surface area contributed by atoms with Crippen molar-refractivity contribution in [2.45, 2.75) is 32.3 Å². The fourth-order valence-corrected chi connectivity index (χ4v) is 4.57. The molecule has 8 nitrogen and oxygen atoms in total. The van der Waals surface area contributed by atoms with Gasteiger partial charge in [-0.3, -0.25) is 14.2 Å². The fraction of sp³-hybridized carbons (Fsp3) is 0.280. The summed E-state index contributed by atoms with van der Waals surface area (Å²) in [5, 5.41) is 2.82. The maximum absolute atomic E-state index is 13.3. The molecule has 34 heavy (non-hydrogen) atoms. The number of aryl methyl sites for hydroxylation is 1. The molecule has 0 fully saturated rings. The number of aromatic nitrogens is 4. The van der Waals surface area contributed by atoms with Crippen molar-refractivity contribution in [3.05, 3.63) is 99.0 Å². The second-order valence-electron chi connectivity index (χ2n) is 7.84. The maximum Gasteiger partial charge on any atom is 0.333 e. The van der Waals surface area contributed by atoms with E-state index in [0.717, 1.165) is 21.6 Å². The largest absolute Gasteiger partial charge is 0.354 e. The Hall–Kier alpha value is -3.59. The lowest BCUT2D eigenvalue weighted by molar-refractivity contribution is -0.121. The van der Waals surface area contributed by atoms with E-state index in [9.17, 15) is 14.4 Å². The summed E-state index contributed by atoms with van der Waals surface area (Å²) >= 11 is 1.71. The third kappa shape index (κ3) is 5.31. The molecule has 0 saturated heterocycles. The quantitative estimate of drug-likeness (QED) is 0.355. The highest BCUT2D eigenvalue weighted by Crippen LogP contribution is 2.11. The Morgan fingerprint density at radius 3 is 2.32 bits per heavy atom. The van der Waals surface area contributed by atoms with Crippen molar-refractivity contribution in [3.63, 3.8) is 0 Å². The van der Waals surface area contributed by atoms with Gasteiger partial charge in [0.05, 0.1) is 12.9 Å². The molecule has 2 aromatic carbocycles. The molecular weight excluding hydrogens is 450 g/mol. The number of hydrogen-bond acceptors (Lipinski definition) is 5. The number of nitrogens with one attached hydrogen (secondary N) is 1. The number of carbonyl (C=O) groups excluding carboxylic acids is 1. The number of fused-ring (bicyclic) bond motifs is 1. The average Bonchev–Trinajstić information content (AvgIpc) is 3.30.